The van der Waals surface area contributed by atoms with Crippen LogP contribution in [0.4, 0.5) is 0 Å². The minimum absolute atomic E-state index is 0.00725. The lowest BCUT2D eigenvalue weighted by atomic mass is 9.72. The number of aromatic amines is 1. The van der Waals surface area contributed by atoms with Crippen molar-refractivity contribution in [2.75, 3.05) is 52.4 Å². The first-order chi connectivity index (χ1) is 30.5. The molecule has 0 radical (unpaired) electrons. The van der Waals surface area contributed by atoms with Gasteiger partial charge < -0.3 is 35.1 Å². The number of pyridine rings is 1. The average molecular weight is 854 g/mol. The molecule has 0 saturated carbocycles. The number of rotatable bonds is 16. The third kappa shape index (κ3) is 10.4. The third-order valence-corrected chi connectivity index (χ3v) is 13.5. The van der Waals surface area contributed by atoms with Crippen molar-refractivity contribution in [1.82, 2.24) is 25.0 Å². The number of ether oxygens (including phenoxy) is 1. The molecule has 5 heterocycles. The number of aromatic hydroxyl groups is 1. The van der Waals surface area contributed by atoms with Crippen molar-refractivity contribution < 1.29 is 29.3 Å². The molecule has 0 spiro atoms. The molecule has 4 aliphatic rings. The molecule has 4 aromatic carbocycles. The highest BCUT2D eigenvalue weighted by Gasteiger charge is 2.47. The normalized spacial score (nSPS) is 19.7. The third-order valence-electron chi connectivity index (χ3n) is 13.5. The number of fused-ring (bicyclic) bond motifs is 4. The molecular weight excluding hydrogens is 795 g/mol. The maximum atomic E-state index is 14.1. The quantitative estimate of drug-likeness (QED) is 0.0738. The van der Waals surface area contributed by atoms with Crippen LogP contribution in [0.5, 0.6) is 5.75 Å². The van der Waals surface area contributed by atoms with Gasteiger partial charge in [0.25, 0.3) is 0 Å². The van der Waals surface area contributed by atoms with Gasteiger partial charge in [0.2, 0.25) is 17.4 Å². The van der Waals surface area contributed by atoms with E-state index >= 15 is 0 Å². The lowest BCUT2D eigenvalue weighted by molar-refractivity contribution is -0.168. The van der Waals surface area contributed by atoms with Gasteiger partial charge in [-0.2, -0.15) is 0 Å². The topological polar surface area (TPSA) is 156 Å². The summed E-state index contributed by atoms with van der Waals surface area (Å²) in [7, 11) is 0. The number of aromatic nitrogens is 1. The highest BCUT2D eigenvalue weighted by atomic mass is 16.5. The van der Waals surface area contributed by atoms with Crippen LogP contribution in [0.2, 0.25) is 0 Å². The Morgan fingerprint density at radius 3 is 2.30 bits per heavy atom. The zero-order chi connectivity index (χ0) is 43.9. The Balaban J connectivity index is 0.843. The summed E-state index contributed by atoms with van der Waals surface area (Å²) in [5.74, 6) is 0.220. The zero-order valence-corrected chi connectivity index (χ0v) is 36.1. The van der Waals surface area contributed by atoms with E-state index in [1.54, 1.807) is 12.1 Å². The number of hydrogen-bond acceptors (Lipinski definition) is 9. The fourth-order valence-corrected chi connectivity index (χ4v) is 9.76. The number of esters is 1. The molecule has 2 amide bonds. The molecule has 12 heteroatoms. The molecule has 63 heavy (non-hydrogen) atoms. The molecule has 2 atom stereocenters. The summed E-state index contributed by atoms with van der Waals surface area (Å²) in [6, 6.07) is 31.9. The van der Waals surface area contributed by atoms with Gasteiger partial charge in [0.15, 0.2) is 0 Å². The molecular formula is C51H59N5O7. The van der Waals surface area contributed by atoms with Crippen LogP contribution in [0, 0.1) is 12.8 Å². The van der Waals surface area contributed by atoms with Gasteiger partial charge in [0.05, 0.1) is 29.9 Å². The van der Waals surface area contributed by atoms with E-state index < -0.39 is 11.5 Å². The van der Waals surface area contributed by atoms with Crippen LogP contribution >= 0.6 is 0 Å². The number of hydrogen-bond donors (Lipinski definition) is 4. The number of likely N-dealkylation sites (tertiary alicyclic amines) is 1. The van der Waals surface area contributed by atoms with Gasteiger partial charge in [-0.15, -0.1) is 0 Å². The number of benzene rings is 4. The molecule has 1 aromatic heterocycles. The Bertz CT molecular complexity index is 2440. The van der Waals surface area contributed by atoms with E-state index in [1.807, 2.05) is 89.5 Å². The number of nitrogens with zero attached hydrogens (tertiary/aromatic N) is 3. The summed E-state index contributed by atoms with van der Waals surface area (Å²) < 4.78 is 6.33. The Hall–Kier alpha value is -5.82. The second-order valence-electron chi connectivity index (χ2n) is 17.7. The van der Waals surface area contributed by atoms with Crippen LogP contribution in [0.1, 0.15) is 71.6 Å². The summed E-state index contributed by atoms with van der Waals surface area (Å²) in [4.78, 5) is 62.2. The van der Waals surface area contributed by atoms with Gasteiger partial charge in [-0.25, -0.2) is 0 Å². The number of phenols is 1. The number of aliphatic hydroxyl groups excluding tert-OH is 1. The minimum Gasteiger partial charge on any atom is -0.506 e. The second-order valence-corrected chi connectivity index (χ2v) is 17.7. The van der Waals surface area contributed by atoms with Crippen LogP contribution < -0.4 is 10.9 Å². The molecule has 0 aliphatic carbocycles. The maximum absolute atomic E-state index is 14.1. The summed E-state index contributed by atoms with van der Waals surface area (Å²) in [6.07, 6.45) is 3.33. The van der Waals surface area contributed by atoms with Crippen molar-refractivity contribution in [3.8, 4) is 5.75 Å². The molecule has 5 aromatic rings. The number of aryl methyl sites for hydroxylation is 1. The largest absolute Gasteiger partial charge is 0.506 e. The lowest BCUT2D eigenvalue weighted by Gasteiger charge is -2.46. The van der Waals surface area contributed by atoms with Crippen LogP contribution in [0.15, 0.2) is 108 Å². The van der Waals surface area contributed by atoms with Crippen molar-refractivity contribution in [1.29, 1.82) is 0 Å². The number of nitrogens with one attached hydrogen (secondary N) is 2. The fourth-order valence-electron chi connectivity index (χ4n) is 9.76. The summed E-state index contributed by atoms with van der Waals surface area (Å²) in [6.45, 7) is 7.73. The number of H-pyrrole nitrogens is 1. The summed E-state index contributed by atoms with van der Waals surface area (Å²) >= 11 is 0. The van der Waals surface area contributed by atoms with Crippen molar-refractivity contribution in [3.05, 3.63) is 147 Å². The van der Waals surface area contributed by atoms with Gasteiger partial charge in [-0.05, 0) is 105 Å². The monoisotopic (exact) mass is 853 g/mol. The predicted octanol–water partition coefficient (Wildman–Crippen LogP) is 5.57. The van der Waals surface area contributed by atoms with Crippen LogP contribution in [-0.4, -0.2) is 106 Å². The Kier molecular flexibility index (Phi) is 13.7. The molecule has 4 fully saturated rings. The van der Waals surface area contributed by atoms with E-state index in [-0.39, 0.29) is 60.1 Å². The second kappa shape index (κ2) is 19.7. The van der Waals surface area contributed by atoms with Crippen LogP contribution in [0.3, 0.4) is 0 Å². The van der Waals surface area contributed by atoms with E-state index in [0.29, 0.717) is 68.9 Å². The molecule has 9 rings (SSSR count). The molecule has 2 unspecified atom stereocenters. The number of aliphatic hydroxyl groups is 1. The Labute approximate surface area is 368 Å². The molecule has 4 N–H and O–H groups in total. The first-order valence-electron chi connectivity index (χ1n) is 22.5. The zero-order valence-electron chi connectivity index (χ0n) is 36.1. The van der Waals surface area contributed by atoms with Gasteiger partial charge in [0, 0.05) is 50.7 Å². The van der Waals surface area contributed by atoms with Gasteiger partial charge >= 0.3 is 5.97 Å². The van der Waals surface area contributed by atoms with E-state index in [9.17, 15) is 29.4 Å². The number of piperidine rings is 4. The van der Waals surface area contributed by atoms with Crippen molar-refractivity contribution in [2.24, 2.45) is 5.92 Å². The molecule has 4 aliphatic heterocycles. The highest BCUT2D eigenvalue weighted by molar-refractivity contribution is 5.87. The number of phenolic OH excluding ortho intramolecular Hbond substituents is 1. The van der Waals surface area contributed by atoms with E-state index in [1.165, 1.54) is 12.1 Å². The average Bonchev–Trinajstić information content (AvgIpc) is 3.30. The lowest BCUT2D eigenvalue weighted by Crippen LogP contribution is -2.55. The van der Waals surface area contributed by atoms with Gasteiger partial charge in [-0.1, -0.05) is 90.5 Å². The summed E-state index contributed by atoms with van der Waals surface area (Å²) in [5, 5.41) is 25.1. The Morgan fingerprint density at radius 2 is 1.60 bits per heavy atom. The molecule has 330 valence electrons. The highest BCUT2D eigenvalue weighted by Crippen LogP contribution is 2.39. The van der Waals surface area contributed by atoms with E-state index in [4.69, 9.17) is 4.74 Å². The maximum Gasteiger partial charge on any atom is 0.317 e. The predicted molar refractivity (Wildman–Crippen MR) is 242 cm³/mol. The molecule has 12 nitrogen and oxygen atoms in total. The van der Waals surface area contributed by atoms with Crippen molar-refractivity contribution >= 4 is 28.7 Å². The van der Waals surface area contributed by atoms with Crippen molar-refractivity contribution in [3.63, 3.8) is 0 Å². The van der Waals surface area contributed by atoms with Crippen molar-refractivity contribution in [2.45, 2.75) is 76.0 Å². The fraction of sp³-hybridized carbons (Fsp3) is 0.412. The standard InChI is InChI=1S/C51H59N5O7/c1-35-7-5-8-38(29-35)33-56(24-6-23-52-32-44(58)41-15-17-43(57)49-42(41)16-18-46(59)53-49)48(61)31-37-13-11-36(12-14-37)30-47(60)55-27-21-51(22-28-55,40-9-3-2-4-10-40)50(62)63-45-34-54-25-19-39(45)20-26-54/h2-5,7-18,29,39,44-45,52,57-58H,6,19-28,30-34H2,1H3,(H,53,59). The number of amides is 2. The summed E-state index contributed by atoms with van der Waals surface area (Å²) in [5.41, 5.74) is 4.62. The first kappa shape index (κ1) is 43.8. The van der Waals surface area contributed by atoms with Gasteiger partial charge in [-0.3, -0.25) is 24.1 Å². The molecule has 4 saturated heterocycles. The smallest absolute Gasteiger partial charge is 0.317 e. The van der Waals surface area contributed by atoms with Gasteiger partial charge in [0.1, 0.15) is 11.9 Å². The minimum atomic E-state index is -0.878. The number of carbonyl (C=O) groups excluding carboxylic acids is 3. The molecule has 2 bridgehead atoms. The number of carbonyl (C=O) groups is 3. The van der Waals surface area contributed by atoms with Crippen LogP contribution in [0.25, 0.3) is 10.9 Å². The van der Waals surface area contributed by atoms with E-state index in [2.05, 4.69) is 21.3 Å². The first-order valence-corrected chi connectivity index (χ1v) is 22.5. The SMILES string of the molecule is Cc1cccc(CN(CCCNCC(O)c2ccc(O)c3[nH]c(=O)ccc23)C(=O)Cc2ccc(CC(=O)N3CCC(C(=O)OC4CN5CCC4CC5)(c4ccccc4)CC3)cc2)c1. The van der Waals surface area contributed by atoms with Crippen LogP contribution in [-0.2, 0) is 43.9 Å². The Morgan fingerprint density at radius 1 is 0.873 bits per heavy atom. The van der Waals surface area contributed by atoms with E-state index in [0.717, 1.165) is 60.3 Å².